The number of para-hydroxylation sites is 3. The minimum Gasteiger partial charge on any atom is -1.00 e. The van der Waals surface area contributed by atoms with Crippen LogP contribution < -0.4 is 27.5 Å². The molecule has 1 aliphatic heterocycles. The lowest BCUT2D eigenvalue weighted by Crippen LogP contribution is -3.12. The van der Waals surface area contributed by atoms with Crippen LogP contribution in [0.3, 0.4) is 0 Å². The lowest BCUT2D eigenvalue weighted by atomic mass is 10.1. The minimum absolute atomic E-state index is 0. The van der Waals surface area contributed by atoms with Gasteiger partial charge in [-0.1, -0.05) is 30.3 Å². The first-order chi connectivity index (χ1) is 10.8. The molecule has 4 heteroatoms. The minimum atomic E-state index is 0. The summed E-state index contributed by atoms with van der Waals surface area (Å²) < 4.78 is 0. The molecule has 1 aliphatic rings. The first-order valence-corrected chi connectivity index (χ1v) is 8.34. The number of likely N-dealkylation sites (N-methyl/N-ethyl adjacent to an activating group) is 1. The average Bonchev–Trinajstić information content (AvgIpc) is 2.72. The van der Waals surface area contributed by atoms with Crippen LogP contribution in [-0.4, -0.2) is 26.2 Å². The van der Waals surface area contributed by atoms with Crippen LogP contribution in [0.5, 0.6) is 0 Å². The summed E-state index contributed by atoms with van der Waals surface area (Å²) in [6.07, 6.45) is 0. The number of nitrogens with zero attached hydrogens (tertiary/aromatic N) is 1. The molecule has 0 saturated carbocycles. The standard InChI is InChI=1S/C19H25N3.ClH/c1-3-21(4-2)13-14-22-15-16-9-5-6-10-17(16)20-18-11-7-8-12-19(18)22;/h5-12,20H,3-4,13-15H2,1-2H3;1H. The fourth-order valence-electron chi connectivity index (χ4n) is 3.17. The summed E-state index contributed by atoms with van der Waals surface area (Å²) in [6.45, 7) is 10.2. The molecular weight excluding hydrogens is 306 g/mol. The molecule has 0 fully saturated rings. The summed E-state index contributed by atoms with van der Waals surface area (Å²) in [4.78, 5) is 4.17. The predicted octanol–water partition coefficient (Wildman–Crippen LogP) is -0.321. The van der Waals surface area contributed by atoms with Gasteiger partial charge >= 0.3 is 0 Å². The van der Waals surface area contributed by atoms with Crippen molar-refractivity contribution in [1.82, 2.24) is 0 Å². The predicted molar refractivity (Wildman–Crippen MR) is 94.1 cm³/mol. The van der Waals surface area contributed by atoms with E-state index in [-0.39, 0.29) is 12.4 Å². The van der Waals surface area contributed by atoms with Crippen LogP contribution in [0.25, 0.3) is 0 Å². The van der Waals surface area contributed by atoms with Crippen LogP contribution in [0.4, 0.5) is 17.1 Å². The van der Waals surface area contributed by atoms with E-state index in [4.69, 9.17) is 0 Å². The molecule has 3 nitrogen and oxygen atoms in total. The zero-order valence-corrected chi connectivity index (χ0v) is 14.7. The fraction of sp³-hybridized carbons (Fsp3) is 0.368. The molecule has 2 aromatic carbocycles. The van der Waals surface area contributed by atoms with Gasteiger partial charge in [0.05, 0.1) is 37.6 Å². The molecular formula is C19H26ClN3. The van der Waals surface area contributed by atoms with Gasteiger partial charge in [-0.15, -0.1) is 0 Å². The highest BCUT2D eigenvalue weighted by atomic mass is 35.5. The van der Waals surface area contributed by atoms with E-state index in [1.54, 1.807) is 4.90 Å². The Labute approximate surface area is 145 Å². The van der Waals surface area contributed by atoms with Crippen LogP contribution in [-0.2, 0) is 6.54 Å². The third-order valence-corrected chi connectivity index (χ3v) is 4.63. The smallest absolute Gasteiger partial charge is 0.0949 e. The number of nitrogens with one attached hydrogen (secondary N) is 2. The van der Waals surface area contributed by atoms with Gasteiger partial charge in [-0.3, -0.25) is 0 Å². The molecule has 0 atom stereocenters. The Hall–Kier alpha value is -1.71. The molecule has 3 rings (SSSR count). The molecule has 0 aromatic heterocycles. The number of hydrogen-bond donors (Lipinski definition) is 2. The fourth-order valence-corrected chi connectivity index (χ4v) is 3.17. The Kier molecular flexibility index (Phi) is 6.31. The summed E-state index contributed by atoms with van der Waals surface area (Å²) in [7, 11) is 0. The summed E-state index contributed by atoms with van der Waals surface area (Å²) >= 11 is 0. The molecule has 0 bridgehead atoms. The molecule has 124 valence electrons. The molecule has 0 aliphatic carbocycles. The van der Waals surface area contributed by atoms with Gasteiger partial charge < -0.3 is 27.5 Å². The topological polar surface area (TPSA) is 19.7 Å². The molecule has 0 saturated heterocycles. The molecule has 0 radical (unpaired) electrons. The Morgan fingerprint density at radius 3 is 2.35 bits per heavy atom. The number of benzene rings is 2. The van der Waals surface area contributed by atoms with Crippen molar-refractivity contribution in [3.05, 3.63) is 54.1 Å². The summed E-state index contributed by atoms with van der Waals surface area (Å²) in [6, 6.07) is 17.3. The highest BCUT2D eigenvalue weighted by Gasteiger charge is 2.19. The van der Waals surface area contributed by atoms with Crippen molar-refractivity contribution < 1.29 is 17.3 Å². The van der Waals surface area contributed by atoms with Crippen molar-refractivity contribution in [3.63, 3.8) is 0 Å². The van der Waals surface area contributed by atoms with Crippen molar-refractivity contribution in [2.24, 2.45) is 0 Å². The number of hydrogen-bond acceptors (Lipinski definition) is 2. The molecule has 2 N–H and O–H groups in total. The quantitative estimate of drug-likeness (QED) is 0.783. The number of rotatable bonds is 5. The SMILES string of the molecule is CC[NH+](CC)CCN1Cc2ccccc2Nc2ccccc21.[Cl-]. The Morgan fingerprint density at radius 2 is 1.61 bits per heavy atom. The van der Waals surface area contributed by atoms with Gasteiger partial charge in [0.15, 0.2) is 0 Å². The van der Waals surface area contributed by atoms with Crippen LogP contribution in [0.2, 0.25) is 0 Å². The highest BCUT2D eigenvalue weighted by molar-refractivity contribution is 5.78. The second-order valence-electron chi connectivity index (χ2n) is 5.93. The van der Waals surface area contributed by atoms with E-state index in [1.165, 1.54) is 42.3 Å². The van der Waals surface area contributed by atoms with Gasteiger partial charge in [-0.2, -0.15) is 0 Å². The zero-order chi connectivity index (χ0) is 15.4. The average molecular weight is 332 g/mol. The lowest BCUT2D eigenvalue weighted by Gasteiger charge is -2.26. The Balaban J connectivity index is 0.00000192. The van der Waals surface area contributed by atoms with E-state index >= 15 is 0 Å². The summed E-state index contributed by atoms with van der Waals surface area (Å²) in [5, 5.41) is 3.60. The van der Waals surface area contributed by atoms with Crippen LogP contribution in [0.1, 0.15) is 19.4 Å². The first-order valence-electron chi connectivity index (χ1n) is 8.34. The van der Waals surface area contributed by atoms with Gasteiger partial charge in [0, 0.05) is 12.2 Å². The van der Waals surface area contributed by atoms with E-state index in [9.17, 15) is 0 Å². The van der Waals surface area contributed by atoms with Crippen LogP contribution in [0, 0.1) is 0 Å². The second kappa shape index (κ2) is 8.23. The van der Waals surface area contributed by atoms with Crippen LogP contribution in [0.15, 0.2) is 48.5 Å². The van der Waals surface area contributed by atoms with Crippen molar-refractivity contribution in [2.75, 3.05) is 36.4 Å². The third-order valence-electron chi connectivity index (χ3n) is 4.63. The second-order valence-corrected chi connectivity index (χ2v) is 5.93. The van der Waals surface area contributed by atoms with E-state index in [1.807, 2.05) is 0 Å². The van der Waals surface area contributed by atoms with Gasteiger partial charge in [0.2, 0.25) is 0 Å². The van der Waals surface area contributed by atoms with E-state index in [0.717, 1.165) is 13.1 Å². The van der Waals surface area contributed by atoms with Gasteiger partial charge in [0.25, 0.3) is 0 Å². The normalized spacial score (nSPS) is 12.7. The molecule has 1 heterocycles. The van der Waals surface area contributed by atoms with Gasteiger partial charge in [0.1, 0.15) is 0 Å². The maximum atomic E-state index is 3.60. The maximum Gasteiger partial charge on any atom is 0.0949 e. The van der Waals surface area contributed by atoms with Gasteiger partial charge in [-0.25, -0.2) is 0 Å². The number of halogens is 1. The molecule has 0 amide bonds. The monoisotopic (exact) mass is 331 g/mol. The number of fused-ring (bicyclic) bond motifs is 2. The van der Waals surface area contributed by atoms with Gasteiger partial charge in [-0.05, 0) is 37.6 Å². The van der Waals surface area contributed by atoms with E-state index in [0.29, 0.717) is 0 Å². The van der Waals surface area contributed by atoms with E-state index in [2.05, 4.69) is 72.6 Å². The van der Waals surface area contributed by atoms with Crippen LogP contribution >= 0.6 is 0 Å². The molecule has 0 spiro atoms. The lowest BCUT2D eigenvalue weighted by molar-refractivity contribution is -0.894. The first kappa shape index (κ1) is 17.6. The third kappa shape index (κ3) is 3.98. The van der Waals surface area contributed by atoms with Crippen molar-refractivity contribution >= 4 is 17.1 Å². The Morgan fingerprint density at radius 1 is 0.957 bits per heavy atom. The summed E-state index contributed by atoms with van der Waals surface area (Å²) in [5.41, 5.74) is 5.12. The van der Waals surface area contributed by atoms with E-state index < -0.39 is 0 Å². The highest BCUT2D eigenvalue weighted by Crippen LogP contribution is 2.34. The molecule has 0 unspecified atom stereocenters. The molecule has 23 heavy (non-hydrogen) atoms. The van der Waals surface area contributed by atoms with Crippen molar-refractivity contribution in [1.29, 1.82) is 0 Å². The summed E-state index contributed by atoms with van der Waals surface area (Å²) in [5.74, 6) is 0. The molecule has 2 aromatic rings. The van der Waals surface area contributed by atoms with Crippen molar-refractivity contribution in [2.45, 2.75) is 20.4 Å². The maximum absolute atomic E-state index is 3.60. The zero-order valence-electron chi connectivity index (χ0n) is 14.0. The Bertz CT molecular complexity index is 626. The van der Waals surface area contributed by atoms with Crippen molar-refractivity contribution in [3.8, 4) is 0 Å². The largest absolute Gasteiger partial charge is 1.00 e. The number of quaternary nitrogens is 1. The number of anilines is 3.